The quantitative estimate of drug-likeness (QED) is 0.808. The molecule has 0 spiro atoms. The molecule has 1 aliphatic rings. The zero-order valence-corrected chi connectivity index (χ0v) is 12.4. The van der Waals surface area contributed by atoms with Crippen LogP contribution in [-0.2, 0) is 11.8 Å². The third-order valence-electron chi connectivity index (χ3n) is 3.99. The van der Waals surface area contributed by atoms with Crippen molar-refractivity contribution in [3.05, 3.63) is 32.6 Å². The summed E-state index contributed by atoms with van der Waals surface area (Å²) in [5.74, 6) is -1.36. The number of aromatic amines is 1. The summed E-state index contributed by atoms with van der Waals surface area (Å²) >= 11 is 0. The molecule has 1 saturated heterocycles. The first-order valence-corrected chi connectivity index (χ1v) is 7.23. The Hall–Kier alpha value is -2.38. The minimum absolute atomic E-state index is 0.0158. The standard InChI is InChI=1S/C14H19N3O5/c1-16-12(20)10(8-15-14(16)22)13(21)17-7-3-2-4-9(17)5-6-11(18)19/h8-9H,2-7H2,1H3,(H,15,22)(H,18,19). The molecule has 2 N–H and O–H groups in total. The predicted molar refractivity (Wildman–Crippen MR) is 77.8 cm³/mol. The van der Waals surface area contributed by atoms with Crippen LogP contribution in [0.5, 0.6) is 0 Å². The van der Waals surface area contributed by atoms with E-state index in [1.54, 1.807) is 4.90 Å². The van der Waals surface area contributed by atoms with Gasteiger partial charge in [0.1, 0.15) is 5.56 Å². The number of aromatic nitrogens is 2. The lowest BCUT2D eigenvalue weighted by molar-refractivity contribution is -0.137. The average Bonchev–Trinajstić information content (AvgIpc) is 2.50. The summed E-state index contributed by atoms with van der Waals surface area (Å²) in [5, 5.41) is 8.80. The number of amides is 1. The third kappa shape index (κ3) is 3.26. The van der Waals surface area contributed by atoms with E-state index in [0.29, 0.717) is 13.0 Å². The number of piperidine rings is 1. The Morgan fingerprint density at radius 2 is 2.09 bits per heavy atom. The lowest BCUT2D eigenvalue weighted by Crippen LogP contribution is -2.47. The largest absolute Gasteiger partial charge is 0.481 e. The first-order valence-electron chi connectivity index (χ1n) is 7.23. The molecule has 0 saturated carbocycles. The molecule has 1 aromatic heterocycles. The summed E-state index contributed by atoms with van der Waals surface area (Å²) in [7, 11) is 1.30. The highest BCUT2D eigenvalue weighted by molar-refractivity contribution is 5.93. The first-order chi connectivity index (χ1) is 10.4. The number of carboxylic acid groups (broad SMARTS) is 1. The van der Waals surface area contributed by atoms with Gasteiger partial charge in [-0.05, 0) is 25.7 Å². The van der Waals surface area contributed by atoms with Crippen LogP contribution >= 0.6 is 0 Å². The average molecular weight is 309 g/mol. The Bertz CT molecular complexity index is 690. The number of nitrogens with one attached hydrogen (secondary N) is 1. The summed E-state index contributed by atoms with van der Waals surface area (Å²) in [6, 6.07) is -0.186. The summed E-state index contributed by atoms with van der Waals surface area (Å²) < 4.78 is 0.851. The molecule has 1 unspecified atom stereocenters. The van der Waals surface area contributed by atoms with Gasteiger partial charge in [0.25, 0.3) is 11.5 Å². The van der Waals surface area contributed by atoms with Crippen molar-refractivity contribution in [1.82, 2.24) is 14.5 Å². The molecular formula is C14H19N3O5. The zero-order valence-electron chi connectivity index (χ0n) is 12.4. The number of carboxylic acids is 1. The van der Waals surface area contributed by atoms with E-state index in [2.05, 4.69) is 4.98 Å². The Morgan fingerprint density at radius 3 is 2.77 bits per heavy atom. The lowest BCUT2D eigenvalue weighted by Gasteiger charge is -2.35. The van der Waals surface area contributed by atoms with Gasteiger partial charge < -0.3 is 15.0 Å². The van der Waals surface area contributed by atoms with Crippen LogP contribution in [0.15, 0.2) is 15.8 Å². The number of nitrogens with zero attached hydrogens (tertiary/aromatic N) is 2. The van der Waals surface area contributed by atoms with Gasteiger partial charge in [-0.2, -0.15) is 0 Å². The Morgan fingerprint density at radius 1 is 1.36 bits per heavy atom. The SMILES string of the molecule is Cn1c(=O)[nH]cc(C(=O)N2CCCCC2CCC(=O)O)c1=O. The molecule has 0 bridgehead atoms. The molecule has 120 valence electrons. The number of carbonyl (C=O) groups excluding carboxylic acids is 1. The first kappa shape index (κ1) is 16.0. The van der Waals surface area contributed by atoms with Crippen molar-refractivity contribution >= 4 is 11.9 Å². The number of hydrogen-bond donors (Lipinski definition) is 2. The van der Waals surface area contributed by atoms with Crippen LogP contribution in [0.3, 0.4) is 0 Å². The summed E-state index contributed by atoms with van der Waals surface area (Å²) in [5.41, 5.74) is -1.32. The van der Waals surface area contributed by atoms with Crippen molar-refractivity contribution in [1.29, 1.82) is 0 Å². The lowest BCUT2D eigenvalue weighted by atomic mass is 9.97. The number of carbonyl (C=O) groups is 2. The van der Waals surface area contributed by atoms with Gasteiger partial charge >= 0.3 is 11.7 Å². The van der Waals surface area contributed by atoms with Gasteiger partial charge in [0.2, 0.25) is 0 Å². The highest BCUT2D eigenvalue weighted by atomic mass is 16.4. The van der Waals surface area contributed by atoms with E-state index in [1.807, 2.05) is 0 Å². The van der Waals surface area contributed by atoms with Crippen molar-refractivity contribution in [2.45, 2.75) is 38.1 Å². The Labute approximate surface area is 126 Å². The molecule has 1 aromatic rings. The molecule has 1 fully saturated rings. The van der Waals surface area contributed by atoms with Crippen LogP contribution in [0.4, 0.5) is 0 Å². The molecule has 0 aromatic carbocycles. The molecule has 1 atom stereocenters. The van der Waals surface area contributed by atoms with Gasteiger partial charge in [0.05, 0.1) is 0 Å². The topological polar surface area (TPSA) is 112 Å². The van der Waals surface area contributed by atoms with Gasteiger partial charge in [0.15, 0.2) is 0 Å². The van der Waals surface area contributed by atoms with Crippen LogP contribution in [0.2, 0.25) is 0 Å². The highest BCUT2D eigenvalue weighted by Crippen LogP contribution is 2.22. The second-order valence-electron chi connectivity index (χ2n) is 5.45. The van der Waals surface area contributed by atoms with Crippen molar-refractivity contribution in [2.24, 2.45) is 7.05 Å². The second kappa shape index (κ2) is 6.59. The van der Waals surface area contributed by atoms with Gasteiger partial charge in [-0.1, -0.05) is 0 Å². The van der Waals surface area contributed by atoms with E-state index in [9.17, 15) is 19.2 Å². The minimum atomic E-state index is -0.905. The number of likely N-dealkylation sites (tertiary alicyclic amines) is 1. The maximum atomic E-state index is 12.6. The van der Waals surface area contributed by atoms with Crippen LogP contribution in [-0.4, -0.2) is 44.0 Å². The van der Waals surface area contributed by atoms with Crippen LogP contribution < -0.4 is 11.2 Å². The fourth-order valence-corrected chi connectivity index (χ4v) is 2.73. The molecule has 0 radical (unpaired) electrons. The maximum Gasteiger partial charge on any atom is 0.328 e. The molecule has 0 aliphatic carbocycles. The smallest absolute Gasteiger partial charge is 0.328 e. The highest BCUT2D eigenvalue weighted by Gasteiger charge is 2.29. The van der Waals surface area contributed by atoms with Gasteiger partial charge in [0, 0.05) is 32.3 Å². The van der Waals surface area contributed by atoms with Gasteiger partial charge in [-0.25, -0.2) is 4.79 Å². The third-order valence-corrected chi connectivity index (χ3v) is 3.99. The van der Waals surface area contributed by atoms with E-state index in [-0.39, 0.29) is 18.0 Å². The molecule has 8 nitrogen and oxygen atoms in total. The predicted octanol–water partition coefficient (Wildman–Crippen LogP) is -0.0669. The molecular weight excluding hydrogens is 290 g/mol. The molecule has 2 rings (SSSR count). The maximum absolute atomic E-state index is 12.6. The molecule has 22 heavy (non-hydrogen) atoms. The van der Waals surface area contributed by atoms with Crippen LogP contribution in [0.25, 0.3) is 0 Å². The number of H-pyrrole nitrogens is 1. The van der Waals surface area contributed by atoms with E-state index >= 15 is 0 Å². The van der Waals surface area contributed by atoms with E-state index in [0.717, 1.165) is 30.0 Å². The van der Waals surface area contributed by atoms with Crippen LogP contribution in [0.1, 0.15) is 42.5 Å². The molecule has 1 aliphatic heterocycles. The molecule has 8 heteroatoms. The van der Waals surface area contributed by atoms with E-state index in [4.69, 9.17) is 5.11 Å². The second-order valence-corrected chi connectivity index (χ2v) is 5.45. The van der Waals surface area contributed by atoms with Crippen LogP contribution in [0, 0.1) is 0 Å². The Balaban J connectivity index is 2.26. The number of aliphatic carboxylic acids is 1. The molecule has 2 heterocycles. The normalized spacial score (nSPS) is 18.2. The fraction of sp³-hybridized carbons (Fsp3) is 0.571. The fourth-order valence-electron chi connectivity index (χ4n) is 2.73. The zero-order chi connectivity index (χ0) is 16.3. The van der Waals surface area contributed by atoms with Gasteiger partial charge in [-0.3, -0.25) is 19.0 Å². The van der Waals surface area contributed by atoms with E-state index < -0.39 is 23.1 Å². The summed E-state index contributed by atoms with van der Waals surface area (Å²) in [6.07, 6.45) is 3.96. The Kier molecular flexibility index (Phi) is 4.79. The minimum Gasteiger partial charge on any atom is -0.481 e. The van der Waals surface area contributed by atoms with Crippen molar-refractivity contribution < 1.29 is 14.7 Å². The van der Waals surface area contributed by atoms with Crippen molar-refractivity contribution in [3.8, 4) is 0 Å². The molecule has 1 amide bonds. The summed E-state index contributed by atoms with van der Waals surface area (Å²) in [6.45, 7) is 0.491. The van der Waals surface area contributed by atoms with Crippen molar-refractivity contribution in [3.63, 3.8) is 0 Å². The van der Waals surface area contributed by atoms with E-state index in [1.165, 1.54) is 7.05 Å². The van der Waals surface area contributed by atoms with Gasteiger partial charge in [-0.15, -0.1) is 0 Å². The summed E-state index contributed by atoms with van der Waals surface area (Å²) in [4.78, 5) is 50.6. The number of hydrogen-bond acceptors (Lipinski definition) is 4. The monoisotopic (exact) mass is 309 g/mol. The van der Waals surface area contributed by atoms with Crippen molar-refractivity contribution in [2.75, 3.05) is 6.54 Å². The number of rotatable bonds is 4.